The molecule has 1 aliphatic heterocycles. The van der Waals surface area contributed by atoms with Crippen LogP contribution in [0.2, 0.25) is 5.28 Å². The summed E-state index contributed by atoms with van der Waals surface area (Å²) in [6.45, 7) is 6.95. The highest BCUT2D eigenvalue weighted by molar-refractivity contribution is 7.17. The van der Waals surface area contributed by atoms with E-state index in [0.717, 1.165) is 113 Å². The number of hydrogen-bond donors (Lipinski definition) is 3. The van der Waals surface area contributed by atoms with Crippen molar-refractivity contribution in [2.75, 3.05) is 43.5 Å². The van der Waals surface area contributed by atoms with E-state index < -0.39 is 0 Å². The Morgan fingerprint density at radius 2 is 1.11 bits per heavy atom. The first kappa shape index (κ1) is 60.5. The van der Waals surface area contributed by atoms with Gasteiger partial charge in [0.25, 0.3) is 6.47 Å². The Kier molecular flexibility index (Phi) is 20.3. The summed E-state index contributed by atoms with van der Waals surface area (Å²) in [6.07, 6.45) is 18.8. The van der Waals surface area contributed by atoms with E-state index in [0.29, 0.717) is 49.0 Å². The number of nitrogens with two attached hydrogens (primary N) is 1. The normalized spacial score (nSPS) is 12.7. The molecule has 426 valence electrons. The Morgan fingerprint density at radius 1 is 0.687 bits per heavy atom. The average molecular weight is 1180 g/mol. The highest BCUT2D eigenvalue weighted by Crippen LogP contribution is 2.39. The molecular weight excluding hydrogens is 1110 g/mol. The molecule has 12 rings (SSSR count). The summed E-state index contributed by atoms with van der Waals surface area (Å²) in [5.74, 6) is 3.55. The van der Waals surface area contributed by atoms with Crippen molar-refractivity contribution < 1.29 is 18.7 Å². The molecule has 18 nitrogen and oxygen atoms in total. The van der Waals surface area contributed by atoms with Gasteiger partial charge in [0, 0.05) is 91.1 Å². The first-order valence-electron chi connectivity index (χ1n) is 26.5. The van der Waals surface area contributed by atoms with Crippen LogP contribution in [0.3, 0.4) is 0 Å². The molecule has 0 unspecified atom stereocenters. The number of rotatable bonds is 14. The maximum absolute atomic E-state index is 13.5. The van der Waals surface area contributed by atoms with Gasteiger partial charge in [-0.25, -0.2) is 48.7 Å². The third-order valence-electron chi connectivity index (χ3n) is 14.1. The molecule has 4 N–H and O–H groups in total. The Bertz CT molecular complexity index is 3880. The van der Waals surface area contributed by atoms with Crippen molar-refractivity contribution >= 4 is 73.9 Å². The van der Waals surface area contributed by atoms with E-state index in [9.17, 15) is 19.3 Å². The van der Waals surface area contributed by atoms with Crippen molar-refractivity contribution in [1.29, 1.82) is 10.5 Å². The molecule has 83 heavy (non-hydrogen) atoms. The number of halogens is 3. The zero-order valence-corrected chi connectivity index (χ0v) is 47.7. The molecule has 0 radical (unpaired) electrons. The minimum absolute atomic E-state index is 0. The molecule has 0 atom stereocenters. The molecule has 2 aliphatic rings. The molecule has 8 aromatic heterocycles. The van der Waals surface area contributed by atoms with Crippen molar-refractivity contribution in [3.05, 3.63) is 154 Å². The van der Waals surface area contributed by atoms with Crippen molar-refractivity contribution in [3.63, 3.8) is 0 Å². The quantitative estimate of drug-likeness (QED) is 0.0677. The van der Waals surface area contributed by atoms with Crippen LogP contribution in [0, 0.1) is 46.1 Å². The van der Waals surface area contributed by atoms with Gasteiger partial charge >= 0.3 is 0 Å². The van der Waals surface area contributed by atoms with Crippen LogP contribution in [0.1, 0.15) is 73.9 Å². The summed E-state index contributed by atoms with van der Waals surface area (Å²) in [5.41, 5.74) is 14.9. The van der Waals surface area contributed by atoms with Gasteiger partial charge in [0.15, 0.2) is 10.3 Å². The van der Waals surface area contributed by atoms with E-state index in [1.807, 2.05) is 84.3 Å². The van der Waals surface area contributed by atoms with Crippen molar-refractivity contribution in [1.82, 2.24) is 54.0 Å². The van der Waals surface area contributed by atoms with Gasteiger partial charge in [0.2, 0.25) is 5.28 Å². The van der Waals surface area contributed by atoms with Crippen LogP contribution in [-0.4, -0.2) is 94.0 Å². The highest BCUT2D eigenvalue weighted by atomic mass is 35.5. The molecule has 0 amide bonds. The van der Waals surface area contributed by atoms with E-state index in [1.165, 1.54) is 66.2 Å². The molecule has 23 heteroatoms. The monoisotopic (exact) mass is 1170 g/mol. The van der Waals surface area contributed by atoms with E-state index in [4.69, 9.17) is 47.2 Å². The van der Waals surface area contributed by atoms with Gasteiger partial charge in [-0.3, -0.25) is 13.6 Å². The zero-order valence-electron chi connectivity index (χ0n) is 45.3. The zero-order chi connectivity index (χ0) is 57.9. The van der Waals surface area contributed by atoms with Crippen LogP contribution in [0.5, 0.6) is 0 Å². The number of aryl methyl sites for hydroxylation is 3. The number of fused-ring (bicyclic) bond motifs is 2. The average Bonchev–Trinajstić information content (AvgIpc) is 4.02. The van der Waals surface area contributed by atoms with E-state index in [2.05, 4.69) is 48.7 Å². The highest BCUT2D eigenvalue weighted by Gasteiger charge is 2.25. The number of nitrogens with one attached hydrogen (secondary N) is 1. The van der Waals surface area contributed by atoms with Crippen molar-refractivity contribution in [3.8, 4) is 56.9 Å². The van der Waals surface area contributed by atoms with Gasteiger partial charge < -0.3 is 26.0 Å². The molecule has 9 heterocycles. The molecule has 2 aromatic carbocycles. The second kappa shape index (κ2) is 27.9. The molecule has 10 aromatic rings. The first-order chi connectivity index (χ1) is 39.9. The predicted molar refractivity (Wildman–Crippen MR) is 323 cm³/mol. The van der Waals surface area contributed by atoms with Gasteiger partial charge in [-0.2, -0.15) is 10.5 Å². The first-order valence-corrected chi connectivity index (χ1v) is 28.5. The van der Waals surface area contributed by atoms with Crippen LogP contribution in [0.15, 0.2) is 110 Å². The van der Waals surface area contributed by atoms with Gasteiger partial charge in [0.05, 0.1) is 11.4 Å². The van der Waals surface area contributed by atoms with Gasteiger partial charge in [0.1, 0.15) is 73.7 Å². The SMILES string of the molecule is C.CCc1nc2ccc(-c3cnc(CCC4CNC4)nc3)cn2c1N(C)c1nc(-c2ccc(F)cc2)c(C#N)s1.CCc1nc2ccc(-c3cnc(Cl)nc3)cn2c1N(C)c1nc(-c2ccc(F)cc2)c(C#N)s1.NCC1CCC1.O=CO. The Labute approximate surface area is 492 Å². The third kappa shape index (κ3) is 13.8. The van der Waals surface area contributed by atoms with Crippen LogP contribution < -0.4 is 20.9 Å². The molecular formula is C60H61ClF2N16O2S2. The summed E-state index contributed by atoms with van der Waals surface area (Å²) in [6, 6.07) is 24.4. The molecule has 0 spiro atoms. The van der Waals surface area contributed by atoms with Crippen LogP contribution in [-0.2, 0) is 24.1 Å². The second-order valence-corrected chi connectivity index (χ2v) is 21.6. The number of anilines is 4. The lowest BCUT2D eigenvalue weighted by Gasteiger charge is -2.26. The summed E-state index contributed by atoms with van der Waals surface area (Å²) >= 11 is 8.42. The van der Waals surface area contributed by atoms with E-state index in [-0.39, 0.29) is 30.8 Å². The fourth-order valence-electron chi connectivity index (χ4n) is 9.24. The van der Waals surface area contributed by atoms with Gasteiger partial charge in [-0.15, -0.1) is 0 Å². The molecule has 2 fully saturated rings. The summed E-state index contributed by atoms with van der Waals surface area (Å²) in [7, 11) is 3.83. The lowest BCUT2D eigenvalue weighted by atomic mass is 9.86. The lowest BCUT2D eigenvalue weighted by Crippen LogP contribution is -2.42. The number of nitrogens with zero attached hydrogens (tertiary/aromatic N) is 14. The van der Waals surface area contributed by atoms with Crippen LogP contribution >= 0.6 is 34.3 Å². The smallest absolute Gasteiger partial charge is 0.290 e. The maximum Gasteiger partial charge on any atom is 0.290 e. The molecule has 1 saturated carbocycles. The van der Waals surface area contributed by atoms with Crippen molar-refractivity contribution in [2.24, 2.45) is 17.6 Å². The number of hydrogen-bond acceptors (Lipinski definition) is 17. The largest absolute Gasteiger partial charge is 0.483 e. The predicted octanol–water partition coefficient (Wildman–Crippen LogP) is 12.4. The van der Waals surface area contributed by atoms with E-state index in [1.54, 1.807) is 36.7 Å². The fourth-order valence-corrected chi connectivity index (χ4v) is 11.0. The number of imidazole rings is 2. The Morgan fingerprint density at radius 3 is 1.46 bits per heavy atom. The topological polar surface area (TPSA) is 241 Å². The number of nitriles is 2. The standard InChI is InChI=1S/C29H27FN8S.C24H17ClFN7S.C5H11N.CH2O2.CH4/c1-3-23-28(37(2)29-36-27(24(12-31)39-29)19-5-8-22(30)9-6-19)38-17-20(7-11-26(38)35-23)21-15-33-25(34-16-21)10-4-18-13-32-14-18;1-3-18-22(33-13-15(6-9-20(33)30-18)16-11-28-23(25)29-12-16)32(2)24-31-21(19(10-27)34-24)14-4-7-17(26)8-5-14;6-4-5-2-1-3-5;2-1-3;/h5-9,11,15-18,32H,3-4,10,13-14H2,1-2H3;4-9,11-13H,3H2,1-2H3;5H,1-4,6H2;1H,(H,2,3);1H4. The summed E-state index contributed by atoms with van der Waals surface area (Å²) in [5, 5.41) is 31.2. The Hall–Kier alpha value is -8.64. The molecule has 0 bridgehead atoms. The van der Waals surface area contributed by atoms with Gasteiger partial charge in [-0.05, 0) is 148 Å². The maximum atomic E-state index is 13.5. The minimum Gasteiger partial charge on any atom is -0.483 e. The fraction of sp³-hybridized carbons (Fsp3) is 0.283. The number of thiazole rings is 2. The Balaban J connectivity index is 0.000000188. The third-order valence-corrected chi connectivity index (χ3v) is 16.3. The number of carbonyl (C=O) groups is 1. The minimum atomic E-state index is -0.338. The van der Waals surface area contributed by atoms with Crippen LogP contribution in [0.25, 0.3) is 56.1 Å². The second-order valence-electron chi connectivity index (χ2n) is 19.3. The van der Waals surface area contributed by atoms with Crippen LogP contribution in [0.4, 0.5) is 30.7 Å². The number of carboxylic acid groups (broad SMARTS) is 1. The number of pyridine rings is 2. The van der Waals surface area contributed by atoms with E-state index >= 15 is 0 Å². The molecule has 1 aliphatic carbocycles. The summed E-state index contributed by atoms with van der Waals surface area (Å²) < 4.78 is 30.9. The lowest BCUT2D eigenvalue weighted by molar-refractivity contribution is -0.122. The number of benzene rings is 2. The number of aromatic nitrogens is 10. The molecule has 1 saturated heterocycles. The van der Waals surface area contributed by atoms with Crippen molar-refractivity contribution in [2.45, 2.75) is 66.2 Å². The summed E-state index contributed by atoms with van der Waals surface area (Å²) in [4.78, 5) is 49.7. The van der Waals surface area contributed by atoms with Gasteiger partial charge in [-0.1, -0.05) is 50.4 Å².